The van der Waals surface area contributed by atoms with Gasteiger partial charge >= 0.3 is 0 Å². The van der Waals surface area contributed by atoms with E-state index in [0.717, 1.165) is 30.9 Å². The fourth-order valence-corrected chi connectivity index (χ4v) is 2.28. The van der Waals surface area contributed by atoms with Gasteiger partial charge in [-0.1, -0.05) is 51.5 Å². The summed E-state index contributed by atoms with van der Waals surface area (Å²) in [5, 5.41) is 0. The van der Waals surface area contributed by atoms with Gasteiger partial charge in [0.15, 0.2) is 0 Å². The molecule has 0 unspecified atom stereocenters. The summed E-state index contributed by atoms with van der Waals surface area (Å²) in [5.74, 6) is 0.953. The molecule has 21 heavy (non-hydrogen) atoms. The Morgan fingerprint density at radius 2 is 1.52 bits per heavy atom. The van der Waals surface area contributed by atoms with Crippen LogP contribution in [0.15, 0.2) is 30.8 Å². The fraction of sp³-hybridized carbons (Fsp3) is 0.579. The van der Waals surface area contributed by atoms with Crippen molar-refractivity contribution in [3.8, 4) is 5.75 Å². The molecule has 0 aliphatic carbocycles. The van der Waals surface area contributed by atoms with Gasteiger partial charge in [-0.15, -0.1) is 0 Å². The number of nitrogens with zero attached hydrogens (tertiary/aromatic N) is 1. The summed E-state index contributed by atoms with van der Waals surface area (Å²) >= 11 is 0. The molecule has 0 aliphatic rings. The second-order valence-electron chi connectivity index (χ2n) is 5.52. The number of hydrogen-bond acceptors (Lipinski definition) is 2. The van der Waals surface area contributed by atoms with E-state index < -0.39 is 0 Å². The van der Waals surface area contributed by atoms with Gasteiger partial charge in [-0.3, -0.25) is 0 Å². The summed E-state index contributed by atoms with van der Waals surface area (Å²) in [6.45, 7) is 12.7. The Morgan fingerprint density at radius 1 is 0.952 bits per heavy atom. The largest absolute Gasteiger partial charge is 0.494 e. The maximum atomic E-state index is 5.80. The summed E-state index contributed by atoms with van der Waals surface area (Å²) < 4.78 is 5.80. The van der Waals surface area contributed by atoms with Crippen LogP contribution in [0.5, 0.6) is 5.75 Å². The molecule has 0 radical (unpaired) electrons. The van der Waals surface area contributed by atoms with Crippen molar-refractivity contribution in [1.82, 2.24) is 4.90 Å². The number of rotatable bonds is 12. The summed E-state index contributed by atoms with van der Waals surface area (Å²) in [6.07, 6.45) is 8.09. The van der Waals surface area contributed by atoms with E-state index in [0.29, 0.717) is 0 Å². The number of hydrogen-bond donors (Lipinski definition) is 0. The second-order valence-corrected chi connectivity index (χ2v) is 5.52. The highest BCUT2D eigenvalue weighted by atomic mass is 16.5. The minimum atomic E-state index is 0.794. The lowest BCUT2D eigenvalue weighted by Crippen LogP contribution is -2.28. The SMILES string of the molecule is C=Cc1ccc(OCCCN(CCCC)CCCC)cc1. The van der Waals surface area contributed by atoms with Crippen LogP contribution in [0, 0.1) is 0 Å². The lowest BCUT2D eigenvalue weighted by Gasteiger charge is -2.21. The Morgan fingerprint density at radius 3 is 2.05 bits per heavy atom. The Kier molecular flexibility index (Phi) is 9.64. The van der Waals surface area contributed by atoms with E-state index in [1.807, 2.05) is 30.3 Å². The first-order valence-corrected chi connectivity index (χ1v) is 8.37. The van der Waals surface area contributed by atoms with E-state index in [1.54, 1.807) is 0 Å². The van der Waals surface area contributed by atoms with Gasteiger partial charge < -0.3 is 9.64 Å². The fourth-order valence-electron chi connectivity index (χ4n) is 2.28. The van der Waals surface area contributed by atoms with E-state index in [4.69, 9.17) is 4.74 Å². The van der Waals surface area contributed by atoms with Gasteiger partial charge in [-0.2, -0.15) is 0 Å². The number of ether oxygens (including phenoxy) is 1. The molecule has 118 valence electrons. The van der Waals surface area contributed by atoms with Crippen LogP contribution in [0.3, 0.4) is 0 Å². The molecule has 2 heteroatoms. The van der Waals surface area contributed by atoms with Crippen molar-refractivity contribution in [3.63, 3.8) is 0 Å². The first kappa shape index (κ1) is 17.8. The maximum absolute atomic E-state index is 5.80. The van der Waals surface area contributed by atoms with Crippen molar-refractivity contribution in [2.24, 2.45) is 0 Å². The van der Waals surface area contributed by atoms with Crippen molar-refractivity contribution >= 4 is 6.08 Å². The Balaban J connectivity index is 2.23. The number of benzene rings is 1. The molecule has 0 aliphatic heterocycles. The molecular weight excluding hydrogens is 258 g/mol. The van der Waals surface area contributed by atoms with Gasteiger partial charge in [-0.05, 0) is 50.0 Å². The minimum Gasteiger partial charge on any atom is -0.494 e. The second kappa shape index (κ2) is 11.4. The first-order chi connectivity index (χ1) is 10.3. The molecule has 2 nitrogen and oxygen atoms in total. The van der Waals surface area contributed by atoms with E-state index in [1.165, 1.54) is 38.8 Å². The molecular formula is C19H31NO. The molecule has 0 bridgehead atoms. The van der Waals surface area contributed by atoms with Gasteiger partial charge in [-0.25, -0.2) is 0 Å². The van der Waals surface area contributed by atoms with Crippen LogP contribution < -0.4 is 4.74 Å². The van der Waals surface area contributed by atoms with Crippen LogP contribution in [0.1, 0.15) is 51.5 Å². The standard InChI is InChI=1S/C19H31NO/c1-4-7-14-20(15-8-5-2)16-9-17-21-19-12-10-18(6-3)11-13-19/h6,10-13H,3-5,7-9,14-17H2,1-2H3. The number of unbranched alkanes of at least 4 members (excludes halogenated alkanes) is 2. The van der Waals surface area contributed by atoms with Gasteiger partial charge in [0.05, 0.1) is 6.61 Å². The molecule has 0 aromatic heterocycles. The van der Waals surface area contributed by atoms with E-state index in [-0.39, 0.29) is 0 Å². The predicted octanol–water partition coefficient (Wildman–Crippen LogP) is 5.00. The Hall–Kier alpha value is -1.28. The zero-order chi connectivity index (χ0) is 15.3. The monoisotopic (exact) mass is 289 g/mol. The quantitative estimate of drug-likeness (QED) is 0.502. The van der Waals surface area contributed by atoms with Crippen LogP contribution in [-0.4, -0.2) is 31.1 Å². The highest BCUT2D eigenvalue weighted by Gasteiger charge is 2.03. The average molecular weight is 289 g/mol. The van der Waals surface area contributed by atoms with Crippen molar-refractivity contribution in [1.29, 1.82) is 0 Å². The van der Waals surface area contributed by atoms with Crippen molar-refractivity contribution in [2.75, 3.05) is 26.2 Å². The zero-order valence-corrected chi connectivity index (χ0v) is 13.8. The van der Waals surface area contributed by atoms with Crippen LogP contribution in [0.25, 0.3) is 6.08 Å². The third-order valence-corrected chi connectivity index (χ3v) is 3.66. The molecule has 0 atom stereocenters. The molecule has 1 rings (SSSR count). The molecule has 0 saturated heterocycles. The smallest absolute Gasteiger partial charge is 0.119 e. The minimum absolute atomic E-state index is 0.794. The highest BCUT2D eigenvalue weighted by Crippen LogP contribution is 2.13. The van der Waals surface area contributed by atoms with Crippen LogP contribution in [0.4, 0.5) is 0 Å². The van der Waals surface area contributed by atoms with E-state index in [2.05, 4.69) is 25.3 Å². The normalized spacial score (nSPS) is 10.8. The lowest BCUT2D eigenvalue weighted by atomic mass is 10.2. The Bertz CT molecular complexity index is 364. The van der Waals surface area contributed by atoms with Gasteiger partial charge in [0.25, 0.3) is 0 Å². The third-order valence-electron chi connectivity index (χ3n) is 3.66. The van der Waals surface area contributed by atoms with Crippen molar-refractivity contribution in [3.05, 3.63) is 36.4 Å². The molecule has 0 amide bonds. The van der Waals surface area contributed by atoms with Crippen molar-refractivity contribution < 1.29 is 4.74 Å². The van der Waals surface area contributed by atoms with E-state index >= 15 is 0 Å². The molecule has 0 heterocycles. The summed E-state index contributed by atoms with van der Waals surface area (Å²) in [4.78, 5) is 2.58. The lowest BCUT2D eigenvalue weighted by molar-refractivity contribution is 0.229. The maximum Gasteiger partial charge on any atom is 0.119 e. The van der Waals surface area contributed by atoms with Crippen LogP contribution in [0.2, 0.25) is 0 Å². The molecule has 1 aromatic rings. The highest BCUT2D eigenvalue weighted by molar-refractivity contribution is 5.48. The molecule has 0 saturated carbocycles. The molecule has 1 aromatic carbocycles. The van der Waals surface area contributed by atoms with Crippen LogP contribution >= 0.6 is 0 Å². The summed E-state index contributed by atoms with van der Waals surface area (Å²) in [6, 6.07) is 8.11. The van der Waals surface area contributed by atoms with Gasteiger partial charge in [0.2, 0.25) is 0 Å². The first-order valence-electron chi connectivity index (χ1n) is 8.37. The predicted molar refractivity (Wildman–Crippen MR) is 92.9 cm³/mol. The zero-order valence-electron chi connectivity index (χ0n) is 13.8. The van der Waals surface area contributed by atoms with Gasteiger partial charge in [0, 0.05) is 6.54 Å². The van der Waals surface area contributed by atoms with Crippen molar-refractivity contribution in [2.45, 2.75) is 46.0 Å². The van der Waals surface area contributed by atoms with Gasteiger partial charge in [0.1, 0.15) is 5.75 Å². The topological polar surface area (TPSA) is 12.5 Å². The molecule has 0 fully saturated rings. The van der Waals surface area contributed by atoms with Crippen LogP contribution in [-0.2, 0) is 0 Å². The summed E-state index contributed by atoms with van der Waals surface area (Å²) in [5.41, 5.74) is 1.13. The Labute approximate surface area is 130 Å². The third kappa shape index (κ3) is 7.91. The molecule has 0 spiro atoms. The summed E-state index contributed by atoms with van der Waals surface area (Å²) in [7, 11) is 0. The molecule has 0 N–H and O–H groups in total. The average Bonchev–Trinajstić information content (AvgIpc) is 2.53. The van der Waals surface area contributed by atoms with E-state index in [9.17, 15) is 0 Å².